The number of hydrogen-bond donors (Lipinski definition) is 0. The third kappa shape index (κ3) is 6.04. The summed E-state index contributed by atoms with van der Waals surface area (Å²) in [6, 6.07) is 43.4. The number of rotatable bonds is 3. The van der Waals surface area contributed by atoms with Gasteiger partial charge in [0.1, 0.15) is 5.82 Å². The topological polar surface area (TPSA) is 9.72 Å². The third-order valence-electron chi connectivity index (χ3n) is 15.4. The Balaban J connectivity index is 1.26. The molecular weight excluding hydrogens is 756 g/mol. The summed E-state index contributed by atoms with van der Waals surface area (Å²) >= 11 is 0. The molecular formula is C57H63BFN3. The first-order valence-corrected chi connectivity index (χ1v) is 23.0. The maximum atomic E-state index is 15.2. The average Bonchev–Trinajstić information content (AvgIpc) is 3.41. The molecule has 0 spiro atoms. The van der Waals surface area contributed by atoms with Crippen LogP contribution in [0.25, 0.3) is 0 Å². The van der Waals surface area contributed by atoms with Gasteiger partial charge in [0, 0.05) is 50.9 Å². The van der Waals surface area contributed by atoms with E-state index in [2.05, 4.69) is 195 Å². The number of hydrogen-bond acceptors (Lipinski definition) is 3. The van der Waals surface area contributed by atoms with E-state index in [1.165, 1.54) is 67.1 Å². The van der Waals surface area contributed by atoms with Crippen LogP contribution in [0.1, 0.15) is 130 Å². The molecule has 5 heteroatoms. The SMILES string of the molecule is Cc1cc2c3c(c1)N(c1cccc(C(C)(C)C)c1)c1cc(C(C)(C)C)ccc1B3c1ccc(N3c4ccc(F)cc4C4(C)CCCCC34C)cc1N2c1ccc(C(C)(C)C)cc1. The summed E-state index contributed by atoms with van der Waals surface area (Å²) in [5, 5.41) is 0. The number of anilines is 8. The lowest BCUT2D eigenvalue weighted by Gasteiger charge is -2.50. The summed E-state index contributed by atoms with van der Waals surface area (Å²) in [5.74, 6) is -0.150. The monoisotopic (exact) mass is 820 g/mol. The van der Waals surface area contributed by atoms with Crippen molar-refractivity contribution in [2.75, 3.05) is 14.7 Å². The van der Waals surface area contributed by atoms with Crippen molar-refractivity contribution >= 4 is 68.6 Å². The molecule has 1 fully saturated rings. The van der Waals surface area contributed by atoms with Crippen molar-refractivity contribution in [2.45, 2.75) is 136 Å². The molecule has 2 atom stereocenters. The molecule has 0 N–H and O–H groups in total. The van der Waals surface area contributed by atoms with Gasteiger partial charge in [0.25, 0.3) is 6.71 Å². The second-order valence-electron chi connectivity index (χ2n) is 22.5. The van der Waals surface area contributed by atoms with E-state index in [4.69, 9.17) is 0 Å². The molecule has 6 aromatic rings. The Labute approximate surface area is 371 Å². The van der Waals surface area contributed by atoms with Crippen molar-refractivity contribution in [1.29, 1.82) is 0 Å². The minimum Gasteiger partial charge on any atom is -0.334 e. The first-order chi connectivity index (χ1) is 29.2. The van der Waals surface area contributed by atoms with Gasteiger partial charge in [-0.2, -0.15) is 0 Å². The van der Waals surface area contributed by atoms with Crippen LogP contribution in [0.15, 0.2) is 115 Å². The molecule has 62 heavy (non-hydrogen) atoms. The molecule has 3 heterocycles. The Bertz CT molecular complexity index is 2780. The van der Waals surface area contributed by atoms with Crippen molar-refractivity contribution in [1.82, 2.24) is 0 Å². The zero-order chi connectivity index (χ0) is 43.9. The van der Waals surface area contributed by atoms with E-state index in [1.54, 1.807) is 6.07 Å². The molecule has 0 amide bonds. The van der Waals surface area contributed by atoms with Gasteiger partial charge < -0.3 is 14.7 Å². The van der Waals surface area contributed by atoms with Gasteiger partial charge in [-0.1, -0.05) is 125 Å². The molecule has 3 aliphatic heterocycles. The van der Waals surface area contributed by atoms with E-state index in [-0.39, 0.29) is 39.7 Å². The summed E-state index contributed by atoms with van der Waals surface area (Å²) in [4.78, 5) is 7.71. The normalized spacial score (nSPS) is 20.4. The predicted molar refractivity (Wildman–Crippen MR) is 264 cm³/mol. The lowest BCUT2D eigenvalue weighted by Crippen LogP contribution is -2.61. The van der Waals surface area contributed by atoms with Crippen LogP contribution in [0, 0.1) is 12.7 Å². The van der Waals surface area contributed by atoms with Gasteiger partial charge in [-0.15, -0.1) is 0 Å². The number of aryl methyl sites for hydroxylation is 1. The summed E-state index contributed by atoms with van der Waals surface area (Å²) in [5.41, 5.74) is 19.5. The van der Waals surface area contributed by atoms with Gasteiger partial charge >= 0.3 is 0 Å². The number of fused-ring (bicyclic) bond motifs is 7. The molecule has 10 rings (SSSR count). The Morgan fingerprint density at radius 2 is 1.08 bits per heavy atom. The minimum atomic E-state index is -0.200. The number of nitrogens with zero attached hydrogens (tertiary/aromatic N) is 3. The summed E-state index contributed by atoms with van der Waals surface area (Å²) in [6.07, 6.45) is 4.43. The van der Waals surface area contributed by atoms with Crippen molar-refractivity contribution < 1.29 is 4.39 Å². The average molecular weight is 820 g/mol. The van der Waals surface area contributed by atoms with Crippen LogP contribution in [-0.4, -0.2) is 12.3 Å². The maximum absolute atomic E-state index is 15.2. The van der Waals surface area contributed by atoms with Gasteiger partial charge in [-0.3, -0.25) is 0 Å². The first-order valence-electron chi connectivity index (χ1n) is 23.0. The van der Waals surface area contributed by atoms with Crippen molar-refractivity contribution in [3.05, 3.63) is 149 Å². The second kappa shape index (κ2) is 13.6. The maximum Gasteiger partial charge on any atom is 0.252 e. The van der Waals surface area contributed by atoms with Crippen LogP contribution in [0.5, 0.6) is 0 Å². The molecule has 2 unspecified atom stereocenters. The van der Waals surface area contributed by atoms with Crippen LogP contribution < -0.4 is 31.1 Å². The van der Waals surface area contributed by atoms with Crippen LogP contribution >= 0.6 is 0 Å². The molecule has 1 saturated carbocycles. The fourth-order valence-corrected chi connectivity index (χ4v) is 11.6. The molecule has 4 aliphatic rings. The zero-order valence-corrected chi connectivity index (χ0v) is 39.1. The quantitative estimate of drug-likeness (QED) is 0.164. The zero-order valence-electron chi connectivity index (χ0n) is 39.1. The Morgan fingerprint density at radius 1 is 0.516 bits per heavy atom. The smallest absolute Gasteiger partial charge is 0.252 e. The standard InChI is InChI=1S/C57H63BFN3/c1-36-30-50-52-51(31-36)61(42-17-15-16-38(32-42)54(5,6)7)48-33-39(55(8,9)10)20-25-45(48)58(52)46-26-24-43(35-49(46)60(50)41-22-18-37(19-23-41)53(2,3)4)62-47-27-21-40(59)34-44(47)56(11)28-13-14-29-57(56,62)12/h15-27,30-35H,13-14,28-29H2,1-12H3. The summed E-state index contributed by atoms with van der Waals surface area (Å²) < 4.78 is 15.2. The van der Waals surface area contributed by atoms with Crippen LogP contribution in [-0.2, 0) is 21.7 Å². The molecule has 0 saturated heterocycles. The van der Waals surface area contributed by atoms with E-state index in [0.29, 0.717) is 0 Å². The number of benzene rings is 6. The number of halogens is 1. The van der Waals surface area contributed by atoms with Gasteiger partial charge in [-0.25, -0.2) is 4.39 Å². The predicted octanol–water partition coefficient (Wildman–Crippen LogP) is 13.9. The largest absolute Gasteiger partial charge is 0.334 e. The van der Waals surface area contributed by atoms with Crippen molar-refractivity contribution in [3.8, 4) is 0 Å². The van der Waals surface area contributed by atoms with Gasteiger partial charge in [0.05, 0.1) is 5.54 Å². The minimum absolute atomic E-state index is 0.000728. The van der Waals surface area contributed by atoms with Crippen LogP contribution in [0.2, 0.25) is 0 Å². The van der Waals surface area contributed by atoms with Gasteiger partial charge in [0.2, 0.25) is 0 Å². The van der Waals surface area contributed by atoms with E-state index in [0.717, 1.165) is 48.3 Å². The highest BCUT2D eigenvalue weighted by Gasteiger charge is 2.58. The first kappa shape index (κ1) is 40.8. The van der Waals surface area contributed by atoms with Crippen molar-refractivity contribution in [2.24, 2.45) is 0 Å². The van der Waals surface area contributed by atoms with Crippen molar-refractivity contribution in [3.63, 3.8) is 0 Å². The molecule has 316 valence electrons. The second-order valence-corrected chi connectivity index (χ2v) is 22.5. The Hall–Kier alpha value is -5.29. The summed E-state index contributed by atoms with van der Waals surface area (Å²) in [7, 11) is 0. The lowest BCUT2D eigenvalue weighted by molar-refractivity contribution is 0.194. The van der Waals surface area contributed by atoms with E-state index < -0.39 is 0 Å². The van der Waals surface area contributed by atoms with Crippen LogP contribution in [0.3, 0.4) is 0 Å². The lowest BCUT2D eigenvalue weighted by atomic mass is 9.33. The van der Waals surface area contributed by atoms with Gasteiger partial charge in [-0.05, 0) is 160 Å². The Morgan fingerprint density at radius 3 is 1.74 bits per heavy atom. The molecule has 6 aromatic carbocycles. The van der Waals surface area contributed by atoms with E-state index in [9.17, 15) is 0 Å². The molecule has 0 bridgehead atoms. The van der Waals surface area contributed by atoms with Crippen LogP contribution in [0.4, 0.5) is 49.9 Å². The highest BCUT2D eigenvalue weighted by molar-refractivity contribution is 7.00. The van der Waals surface area contributed by atoms with E-state index >= 15 is 4.39 Å². The molecule has 0 aromatic heterocycles. The Kier molecular flexibility index (Phi) is 8.95. The van der Waals surface area contributed by atoms with E-state index in [1.807, 2.05) is 12.1 Å². The highest BCUT2D eigenvalue weighted by atomic mass is 19.1. The van der Waals surface area contributed by atoms with Gasteiger partial charge in [0.15, 0.2) is 0 Å². The fraction of sp³-hybridized carbons (Fsp3) is 0.368. The molecule has 0 radical (unpaired) electrons. The summed E-state index contributed by atoms with van der Waals surface area (Å²) in [6.45, 7) is 27.8. The molecule has 1 aliphatic carbocycles. The third-order valence-corrected chi connectivity index (χ3v) is 15.4. The molecule has 3 nitrogen and oxygen atoms in total. The fourth-order valence-electron chi connectivity index (χ4n) is 11.6. The highest BCUT2D eigenvalue weighted by Crippen LogP contribution is 2.61.